The van der Waals surface area contributed by atoms with Crippen LogP contribution < -0.4 is 0 Å². The molecular weight excluding hydrogens is 284 g/mol. The van der Waals surface area contributed by atoms with Crippen molar-refractivity contribution in [2.75, 3.05) is 0 Å². The SMILES string of the molecule is CCc1nn(C)c2c1nc(C(C)Cl)n2-c1ccccc1C. The zero-order valence-electron chi connectivity index (χ0n) is 12.8. The number of para-hydroxylation sites is 1. The minimum atomic E-state index is -0.165. The van der Waals surface area contributed by atoms with E-state index in [4.69, 9.17) is 16.6 Å². The summed E-state index contributed by atoms with van der Waals surface area (Å²) in [6.07, 6.45) is 0.859. The van der Waals surface area contributed by atoms with Gasteiger partial charge in [-0.1, -0.05) is 25.1 Å². The zero-order chi connectivity index (χ0) is 15.1. The van der Waals surface area contributed by atoms with Crippen LogP contribution in [0.25, 0.3) is 16.9 Å². The summed E-state index contributed by atoms with van der Waals surface area (Å²) < 4.78 is 4.03. The number of nitrogens with zero attached hydrogens (tertiary/aromatic N) is 4. The summed E-state index contributed by atoms with van der Waals surface area (Å²) >= 11 is 6.37. The third-order valence-corrected chi connectivity index (χ3v) is 3.97. The van der Waals surface area contributed by atoms with E-state index in [2.05, 4.69) is 35.6 Å². The first-order valence-electron chi connectivity index (χ1n) is 7.18. The minimum Gasteiger partial charge on any atom is -0.279 e. The van der Waals surface area contributed by atoms with E-state index in [0.29, 0.717) is 0 Å². The normalized spacial score (nSPS) is 13.0. The lowest BCUT2D eigenvalue weighted by molar-refractivity contribution is 0.738. The van der Waals surface area contributed by atoms with Crippen LogP contribution in [-0.2, 0) is 13.5 Å². The largest absolute Gasteiger partial charge is 0.279 e. The Morgan fingerprint density at radius 3 is 2.62 bits per heavy atom. The first kappa shape index (κ1) is 14.1. The Morgan fingerprint density at radius 2 is 2.00 bits per heavy atom. The van der Waals surface area contributed by atoms with E-state index >= 15 is 0 Å². The predicted octanol–water partition coefficient (Wildman–Crippen LogP) is 3.93. The van der Waals surface area contributed by atoms with Crippen molar-refractivity contribution in [2.45, 2.75) is 32.6 Å². The van der Waals surface area contributed by atoms with Crippen LogP contribution in [0.5, 0.6) is 0 Å². The highest BCUT2D eigenvalue weighted by molar-refractivity contribution is 6.20. The minimum absolute atomic E-state index is 0.165. The molecule has 0 aliphatic heterocycles. The van der Waals surface area contributed by atoms with E-state index in [1.54, 1.807) is 0 Å². The van der Waals surface area contributed by atoms with Gasteiger partial charge in [0.05, 0.1) is 16.8 Å². The van der Waals surface area contributed by atoms with Crippen molar-refractivity contribution < 1.29 is 0 Å². The van der Waals surface area contributed by atoms with Crippen LogP contribution in [0.4, 0.5) is 0 Å². The van der Waals surface area contributed by atoms with Gasteiger partial charge in [-0.05, 0) is 31.9 Å². The van der Waals surface area contributed by atoms with Gasteiger partial charge in [0.1, 0.15) is 11.3 Å². The van der Waals surface area contributed by atoms with Crippen LogP contribution in [0.2, 0.25) is 0 Å². The summed E-state index contributed by atoms with van der Waals surface area (Å²) in [5.74, 6) is 0.865. The van der Waals surface area contributed by atoms with Crippen LogP contribution in [0.3, 0.4) is 0 Å². The highest BCUT2D eigenvalue weighted by atomic mass is 35.5. The molecule has 0 saturated heterocycles. The molecule has 1 atom stereocenters. The lowest BCUT2D eigenvalue weighted by Gasteiger charge is -2.13. The van der Waals surface area contributed by atoms with Crippen LogP contribution in [0, 0.1) is 6.92 Å². The number of aromatic nitrogens is 4. The molecule has 0 N–H and O–H groups in total. The molecule has 0 amide bonds. The lowest BCUT2D eigenvalue weighted by Crippen LogP contribution is -2.07. The van der Waals surface area contributed by atoms with Gasteiger partial charge in [0, 0.05) is 7.05 Å². The average molecular weight is 303 g/mol. The number of imidazole rings is 1. The number of hydrogen-bond acceptors (Lipinski definition) is 2. The molecule has 0 saturated carbocycles. The summed E-state index contributed by atoms with van der Waals surface area (Å²) in [7, 11) is 1.96. The fraction of sp³-hybridized carbons (Fsp3) is 0.375. The second-order valence-electron chi connectivity index (χ2n) is 5.30. The monoisotopic (exact) mass is 302 g/mol. The molecule has 0 spiro atoms. The van der Waals surface area contributed by atoms with Gasteiger partial charge in [0.15, 0.2) is 5.65 Å². The Kier molecular flexibility index (Phi) is 3.49. The Morgan fingerprint density at radius 1 is 1.29 bits per heavy atom. The Balaban J connectivity index is 2.42. The summed E-state index contributed by atoms with van der Waals surface area (Å²) in [6.45, 7) is 6.15. The fourth-order valence-electron chi connectivity index (χ4n) is 2.75. The molecule has 2 heterocycles. The van der Waals surface area contributed by atoms with Crippen LogP contribution in [0.1, 0.15) is 36.3 Å². The number of hydrogen-bond donors (Lipinski definition) is 0. The topological polar surface area (TPSA) is 35.6 Å². The molecule has 5 heteroatoms. The number of alkyl halides is 1. The molecule has 0 bridgehead atoms. The van der Waals surface area contributed by atoms with Gasteiger partial charge in [-0.2, -0.15) is 5.10 Å². The second-order valence-corrected chi connectivity index (χ2v) is 5.96. The molecule has 21 heavy (non-hydrogen) atoms. The molecule has 1 unspecified atom stereocenters. The van der Waals surface area contributed by atoms with E-state index in [-0.39, 0.29) is 5.38 Å². The maximum atomic E-state index is 6.37. The summed E-state index contributed by atoms with van der Waals surface area (Å²) in [6, 6.07) is 8.27. The van der Waals surface area contributed by atoms with Crippen LogP contribution >= 0.6 is 11.6 Å². The maximum absolute atomic E-state index is 6.37. The van der Waals surface area contributed by atoms with E-state index in [9.17, 15) is 0 Å². The smallest absolute Gasteiger partial charge is 0.163 e. The Labute approximate surface area is 129 Å². The third kappa shape index (κ3) is 2.14. The van der Waals surface area contributed by atoms with Gasteiger partial charge in [-0.25, -0.2) is 9.67 Å². The molecule has 3 aromatic rings. The molecule has 3 rings (SSSR count). The number of rotatable bonds is 3. The molecular formula is C16H19ClN4. The van der Waals surface area contributed by atoms with Gasteiger partial charge < -0.3 is 0 Å². The van der Waals surface area contributed by atoms with Crippen molar-refractivity contribution in [3.8, 4) is 5.69 Å². The highest BCUT2D eigenvalue weighted by Gasteiger charge is 2.22. The second kappa shape index (κ2) is 5.19. The standard InChI is InChI=1S/C16H19ClN4/c1-5-12-14-16(20(4)19-12)21(15(18-14)11(3)17)13-9-7-6-8-10(13)2/h6-9,11H,5H2,1-4H3. The molecule has 1 aromatic carbocycles. The Hall–Kier alpha value is -1.81. The Bertz CT molecular complexity index is 798. The van der Waals surface area contributed by atoms with Crippen molar-refractivity contribution in [3.05, 3.63) is 41.3 Å². The lowest BCUT2D eigenvalue weighted by atomic mass is 10.2. The van der Waals surface area contributed by atoms with Gasteiger partial charge in [0.25, 0.3) is 0 Å². The molecule has 0 aliphatic rings. The average Bonchev–Trinajstić information content (AvgIpc) is 2.98. The molecule has 110 valence electrons. The predicted molar refractivity (Wildman–Crippen MR) is 86.2 cm³/mol. The van der Waals surface area contributed by atoms with Gasteiger partial charge in [-0.3, -0.25) is 4.57 Å². The van der Waals surface area contributed by atoms with Crippen LogP contribution in [-0.4, -0.2) is 19.3 Å². The summed E-state index contributed by atoms with van der Waals surface area (Å²) in [5.41, 5.74) is 5.26. The van der Waals surface area contributed by atoms with Crippen molar-refractivity contribution in [1.82, 2.24) is 19.3 Å². The number of halogens is 1. The number of fused-ring (bicyclic) bond motifs is 1. The van der Waals surface area contributed by atoms with E-state index in [1.807, 2.05) is 30.8 Å². The van der Waals surface area contributed by atoms with Gasteiger partial charge >= 0.3 is 0 Å². The molecule has 0 fully saturated rings. The van der Waals surface area contributed by atoms with E-state index < -0.39 is 0 Å². The van der Waals surface area contributed by atoms with E-state index in [1.165, 1.54) is 5.56 Å². The highest BCUT2D eigenvalue weighted by Crippen LogP contribution is 2.30. The van der Waals surface area contributed by atoms with Gasteiger partial charge in [0.2, 0.25) is 0 Å². The quantitative estimate of drug-likeness (QED) is 0.687. The molecule has 2 aromatic heterocycles. The number of benzene rings is 1. The van der Waals surface area contributed by atoms with Crippen molar-refractivity contribution >= 4 is 22.8 Å². The van der Waals surface area contributed by atoms with Crippen molar-refractivity contribution in [2.24, 2.45) is 7.05 Å². The fourth-order valence-corrected chi connectivity index (χ4v) is 2.90. The molecule has 4 nitrogen and oxygen atoms in total. The van der Waals surface area contributed by atoms with Gasteiger partial charge in [-0.15, -0.1) is 11.6 Å². The van der Waals surface area contributed by atoms with Crippen molar-refractivity contribution in [3.63, 3.8) is 0 Å². The number of aryl methyl sites for hydroxylation is 3. The third-order valence-electron chi connectivity index (χ3n) is 3.78. The van der Waals surface area contributed by atoms with Crippen molar-refractivity contribution in [1.29, 1.82) is 0 Å². The first-order chi connectivity index (χ1) is 10.0. The van der Waals surface area contributed by atoms with E-state index in [0.717, 1.165) is 34.8 Å². The molecule has 0 aliphatic carbocycles. The van der Waals surface area contributed by atoms with Crippen LogP contribution in [0.15, 0.2) is 24.3 Å². The zero-order valence-corrected chi connectivity index (χ0v) is 13.5. The first-order valence-corrected chi connectivity index (χ1v) is 7.62. The molecule has 0 radical (unpaired) electrons. The summed E-state index contributed by atoms with van der Waals surface area (Å²) in [4.78, 5) is 4.77. The summed E-state index contributed by atoms with van der Waals surface area (Å²) in [5, 5.41) is 4.41. The maximum Gasteiger partial charge on any atom is 0.163 e.